The number of H-pyrrole nitrogens is 1. The van der Waals surface area contributed by atoms with Gasteiger partial charge in [0.15, 0.2) is 0 Å². The van der Waals surface area contributed by atoms with Crippen LogP contribution in [0.3, 0.4) is 0 Å². The van der Waals surface area contributed by atoms with E-state index in [9.17, 15) is 13.2 Å². The molecule has 0 aliphatic rings. The van der Waals surface area contributed by atoms with E-state index in [0.717, 1.165) is 12.6 Å². The van der Waals surface area contributed by atoms with Crippen LogP contribution < -0.4 is 10.2 Å². The lowest BCUT2D eigenvalue weighted by atomic mass is 10.0. The predicted molar refractivity (Wildman–Crippen MR) is 67.7 cm³/mol. The summed E-state index contributed by atoms with van der Waals surface area (Å²) in [5.74, 6) is 0.0626. The third kappa shape index (κ3) is 3.94. The average molecular weight is 274 g/mol. The fourth-order valence-corrected chi connectivity index (χ4v) is 2.72. The molecule has 0 aromatic carbocycles. The standard InChI is InChI=1S/C11H18N2O4S/c1-2-9(4-6-14)7-13-18(16,17)11-8-12-5-3-10(11)15/h3,5,8-9,13-14H,2,4,6-7H2,1H3,(H,12,15). The molecule has 0 saturated carbocycles. The molecule has 1 aromatic heterocycles. The van der Waals surface area contributed by atoms with E-state index < -0.39 is 15.5 Å². The third-order valence-corrected chi connectivity index (χ3v) is 4.20. The van der Waals surface area contributed by atoms with Crippen LogP contribution >= 0.6 is 0 Å². The molecule has 1 aromatic rings. The number of aliphatic hydroxyl groups is 1. The summed E-state index contributed by atoms with van der Waals surface area (Å²) in [5.41, 5.74) is -0.545. The van der Waals surface area contributed by atoms with Gasteiger partial charge in [-0.3, -0.25) is 4.79 Å². The molecule has 7 heteroatoms. The Morgan fingerprint density at radius 1 is 1.50 bits per heavy atom. The Kier molecular flexibility index (Phi) is 5.52. The molecule has 1 atom stereocenters. The molecule has 0 aliphatic heterocycles. The van der Waals surface area contributed by atoms with E-state index in [1.54, 1.807) is 0 Å². The summed E-state index contributed by atoms with van der Waals surface area (Å²) in [4.78, 5) is 13.7. The molecule has 0 spiro atoms. The van der Waals surface area contributed by atoms with E-state index in [1.807, 2.05) is 6.92 Å². The highest BCUT2D eigenvalue weighted by atomic mass is 32.2. The molecule has 1 rings (SSSR count). The van der Waals surface area contributed by atoms with Gasteiger partial charge in [0.1, 0.15) is 4.90 Å². The molecule has 6 nitrogen and oxygen atoms in total. The average Bonchev–Trinajstić information content (AvgIpc) is 2.34. The lowest BCUT2D eigenvalue weighted by Gasteiger charge is -2.14. The Morgan fingerprint density at radius 2 is 2.22 bits per heavy atom. The van der Waals surface area contributed by atoms with Crippen LogP contribution in [-0.4, -0.2) is 31.7 Å². The van der Waals surface area contributed by atoms with Crippen molar-refractivity contribution >= 4 is 10.0 Å². The van der Waals surface area contributed by atoms with Crippen LogP contribution in [0.15, 0.2) is 28.2 Å². The molecule has 1 unspecified atom stereocenters. The zero-order valence-corrected chi connectivity index (χ0v) is 11.0. The number of aromatic amines is 1. The van der Waals surface area contributed by atoms with Crippen LogP contribution in [0.1, 0.15) is 19.8 Å². The van der Waals surface area contributed by atoms with E-state index in [4.69, 9.17) is 5.11 Å². The van der Waals surface area contributed by atoms with E-state index in [0.29, 0.717) is 6.42 Å². The van der Waals surface area contributed by atoms with Gasteiger partial charge in [-0.25, -0.2) is 13.1 Å². The van der Waals surface area contributed by atoms with Gasteiger partial charge in [0.05, 0.1) is 0 Å². The summed E-state index contributed by atoms with van der Waals surface area (Å²) in [7, 11) is -3.79. The Balaban J connectivity index is 2.77. The number of aliphatic hydroxyl groups excluding tert-OH is 1. The van der Waals surface area contributed by atoms with Crippen LogP contribution in [-0.2, 0) is 10.0 Å². The summed E-state index contributed by atoms with van der Waals surface area (Å²) in [6.45, 7) is 2.16. The number of hydrogen-bond acceptors (Lipinski definition) is 4. The lowest BCUT2D eigenvalue weighted by molar-refractivity contribution is 0.254. The Bertz CT molecular complexity index is 524. The van der Waals surface area contributed by atoms with Gasteiger partial charge >= 0.3 is 0 Å². The zero-order chi connectivity index (χ0) is 13.6. The minimum Gasteiger partial charge on any atom is -0.396 e. The molecule has 0 bridgehead atoms. The maximum absolute atomic E-state index is 11.9. The van der Waals surface area contributed by atoms with Crippen LogP contribution in [0.5, 0.6) is 0 Å². The second-order valence-electron chi connectivity index (χ2n) is 4.01. The summed E-state index contributed by atoms with van der Waals surface area (Å²) in [6, 6.07) is 1.17. The number of hydrogen-bond donors (Lipinski definition) is 3. The Hall–Kier alpha value is -1.18. The second kappa shape index (κ2) is 6.67. The fourth-order valence-electron chi connectivity index (χ4n) is 1.55. The summed E-state index contributed by atoms with van der Waals surface area (Å²) < 4.78 is 26.2. The van der Waals surface area contributed by atoms with E-state index in [1.165, 1.54) is 12.3 Å². The van der Waals surface area contributed by atoms with Crippen molar-refractivity contribution in [1.29, 1.82) is 0 Å². The Morgan fingerprint density at radius 3 is 2.78 bits per heavy atom. The molecule has 102 valence electrons. The number of nitrogens with one attached hydrogen (secondary N) is 2. The molecular weight excluding hydrogens is 256 g/mol. The number of sulfonamides is 1. The molecule has 1 heterocycles. The quantitative estimate of drug-likeness (QED) is 0.654. The van der Waals surface area contributed by atoms with Gasteiger partial charge in [-0.15, -0.1) is 0 Å². The molecule has 0 saturated heterocycles. The third-order valence-electron chi connectivity index (χ3n) is 2.75. The largest absolute Gasteiger partial charge is 0.396 e. The van der Waals surface area contributed by atoms with E-state index in [-0.39, 0.29) is 24.0 Å². The highest BCUT2D eigenvalue weighted by Gasteiger charge is 2.18. The fraction of sp³-hybridized carbons (Fsp3) is 0.545. The maximum Gasteiger partial charge on any atom is 0.245 e. The highest BCUT2D eigenvalue weighted by Crippen LogP contribution is 2.08. The smallest absolute Gasteiger partial charge is 0.245 e. The van der Waals surface area contributed by atoms with Gasteiger partial charge < -0.3 is 10.1 Å². The minimum absolute atomic E-state index is 0.0200. The predicted octanol–water partition coefficient (Wildman–Crippen LogP) is 0.0618. The number of aromatic nitrogens is 1. The lowest BCUT2D eigenvalue weighted by Crippen LogP contribution is -2.32. The molecule has 18 heavy (non-hydrogen) atoms. The zero-order valence-electron chi connectivity index (χ0n) is 10.2. The topological polar surface area (TPSA) is 99.3 Å². The highest BCUT2D eigenvalue weighted by molar-refractivity contribution is 7.89. The van der Waals surface area contributed by atoms with Crippen molar-refractivity contribution in [3.8, 4) is 0 Å². The molecular formula is C11H18N2O4S. The van der Waals surface area contributed by atoms with Crippen molar-refractivity contribution in [2.24, 2.45) is 5.92 Å². The van der Waals surface area contributed by atoms with Gasteiger partial charge in [0, 0.05) is 31.6 Å². The molecule has 0 amide bonds. The maximum atomic E-state index is 11.9. The summed E-state index contributed by atoms with van der Waals surface area (Å²) in [5, 5.41) is 8.83. The van der Waals surface area contributed by atoms with E-state index in [2.05, 4.69) is 9.71 Å². The number of rotatable bonds is 7. The van der Waals surface area contributed by atoms with Crippen molar-refractivity contribution in [3.05, 3.63) is 28.7 Å². The van der Waals surface area contributed by atoms with Crippen molar-refractivity contribution in [2.75, 3.05) is 13.2 Å². The van der Waals surface area contributed by atoms with Gasteiger partial charge in [0.2, 0.25) is 15.5 Å². The SMILES string of the molecule is CCC(CCO)CNS(=O)(=O)c1c[nH]ccc1=O. The van der Waals surface area contributed by atoms with Crippen LogP contribution in [0.4, 0.5) is 0 Å². The Labute approximate surface area is 106 Å². The first kappa shape index (κ1) is 14.9. The first-order valence-corrected chi connectivity index (χ1v) is 7.27. The van der Waals surface area contributed by atoms with Crippen LogP contribution in [0, 0.1) is 5.92 Å². The normalized spacial score (nSPS) is 13.4. The van der Waals surface area contributed by atoms with Gasteiger partial charge in [-0.05, 0) is 12.3 Å². The monoisotopic (exact) mass is 274 g/mol. The summed E-state index contributed by atoms with van der Waals surface area (Å²) >= 11 is 0. The van der Waals surface area contributed by atoms with Crippen molar-refractivity contribution < 1.29 is 13.5 Å². The molecule has 3 N–H and O–H groups in total. The van der Waals surface area contributed by atoms with Gasteiger partial charge in [-0.2, -0.15) is 0 Å². The molecule has 0 aliphatic carbocycles. The molecule has 0 radical (unpaired) electrons. The first-order chi connectivity index (χ1) is 8.51. The first-order valence-electron chi connectivity index (χ1n) is 5.79. The van der Waals surface area contributed by atoms with Crippen LogP contribution in [0.25, 0.3) is 0 Å². The second-order valence-corrected chi connectivity index (χ2v) is 5.75. The molecule has 0 fully saturated rings. The van der Waals surface area contributed by atoms with Crippen molar-refractivity contribution in [1.82, 2.24) is 9.71 Å². The summed E-state index contributed by atoms with van der Waals surface area (Å²) in [6.07, 6.45) is 3.83. The van der Waals surface area contributed by atoms with Crippen molar-refractivity contribution in [2.45, 2.75) is 24.7 Å². The van der Waals surface area contributed by atoms with E-state index >= 15 is 0 Å². The van der Waals surface area contributed by atoms with Gasteiger partial charge in [0.25, 0.3) is 0 Å². The van der Waals surface area contributed by atoms with Crippen molar-refractivity contribution in [3.63, 3.8) is 0 Å². The van der Waals surface area contributed by atoms with Crippen LogP contribution in [0.2, 0.25) is 0 Å². The minimum atomic E-state index is -3.79. The number of pyridine rings is 1. The van der Waals surface area contributed by atoms with Gasteiger partial charge in [-0.1, -0.05) is 13.3 Å².